The topological polar surface area (TPSA) is 77.0 Å². The van der Waals surface area contributed by atoms with Crippen molar-refractivity contribution >= 4 is 56.4 Å². The van der Waals surface area contributed by atoms with Gasteiger partial charge >= 0.3 is 5.97 Å². The van der Waals surface area contributed by atoms with Gasteiger partial charge < -0.3 is 9.47 Å². The summed E-state index contributed by atoms with van der Waals surface area (Å²) in [7, 11) is 0. The number of fused-ring (bicyclic) bond motifs is 1. The standard InChI is InChI=1S/C26H18BrClN2O4/c27-25-20-6-2-1-5-18(20)11-14-23(25)33-16-24(31)30-29-15-17-9-12-19(13-10-17)34-26(32)21-7-3-4-8-22(21)28/h1-15H,16H2,(H,30,31)/b29-15-. The van der Waals surface area contributed by atoms with Gasteiger partial charge in [0.1, 0.15) is 11.5 Å². The second-order valence-corrected chi connectivity index (χ2v) is 8.32. The van der Waals surface area contributed by atoms with Crippen molar-refractivity contribution < 1.29 is 19.1 Å². The van der Waals surface area contributed by atoms with Gasteiger partial charge in [0.25, 0.3) is 5.91 Å². The first-order chi connectivity index (χ1) is 16.5. The molecule has 0 heterocycles. The second-order valence-electron chi connectivity index (χ2n) is 7.12. The molecule has 0 bridgehead atoms. The van der Waals surface area contributed by atoms with Crippen molar-refractivity contribution in [1.82, 2.24) is 5.43 Å². The van der Waals surface area contributed by atoms with Gasteiger partial charge in [0, 0.05) is 0 Å². The van der Waals surface area contributed by atoms with E-state index in [-0.39, 0.29) is 12.2 Å². The number of carbonyl (C=O) groups excluding carboxylic acids is 2. The summed E-state index contributed by atoms with van der Waals surface area (Å²) in [6.07, 6.45) is 1.48. The Labute approximate surface area is 209 Å². The van der Waals surface area contributed by atoms with Crippen LogP contribution in [0.25, 0.3) is 10.8 Å². The average molecular weight is 538 g/mol. The molecule has 0 saturated heterocycles. The monoisotopic (exact) mass is 536 g/mol. The highest BCUT2D eigenvalue weighted by molar-refractivity contribution is 9.10. The van der Waals surface area contributed by atoms with Crippen molar-refractivity contribution in [1.29, 1.82) is 0 Å². The quantitative estimate of drug-likeness (QED) is 0.136. The summed E-state index contributed by atoms with van der Waals surface area (Å²) in [5.41, 5.74) is 3.41. The first kappa shape index (κ1) is 23.5. The van der Waals surface area contributed by atoms with Crippen molar-refractivity contribution in [2.75, 3.05) is 6.61 Å². The molecule has 0 aliphatic rings. The van der Waals surface area contributed by atoms with E-state index in [1.54, 1.807) is 48.5 Å². The maximum atomic E-state index is 12.2. The molecule has 4 aromatic rings. The van der Waals surface area contributed by atoms with Crippen molar-refractivity contribution in [2.24, 2.45) is 5.10 Å². The number of halogens is 2. The highest BCUT2D eigenvalue weighted by Crippen LogP contribution is 2.32. The van der Waals surface area contributed by atoms with Crippen molar-refractivity contribution in [2.45, 2.75) is 0 Å². The third-order valence-electron chi connectivity index (χ3n) is 4.77. The van der Waals surface area contributed by atoms with Crippen LogP contribution in [0.2, 0.25) is 5.02 Å². The fourth-order valence-corrected chi connectivity index (χ4v) is 3.91. The predicted octanol–water partition coefficient (Wildman–Crippen LogP) is 6.00. The van der Waals surface area contributed by atoms with Crippen molar-refractivity contribution in [3.8, 4) is 11.5 Å². The summed E-state index contributed by atoms with van der Waals surface area (Å²) in [5.74, 6) is -0.0147. The van der Waals surface area contributed by atoms with Crippen LogP contribution in [0.1, 0.15) is 15.9 Å². The Hall–Kier alpha value is -3.68. The molecule has 0 saturated carbocycles. The molecule has 6 nitrogen and oxygen atoms in total. The van der Waals surface area contributed by atoms with Gasteiger partial charge in [-0.2, -0.15) is 5.10 Å². The molecule has 0 aliphatic carbocycles. The van der Waals surface area contributed by atoms with Gasteiger partial charge in [-0.1, -0.05) is 54.1 Å². The van der Waals surface area contributed by atoms with E-state index in [1.165, 1.54) is 6.21 Å². The molecule has 170 valence electrons. The van der Waals surface area contributed by atoms with E-state index in [9.17, 15) is 9.59 Å². The molecule has 0 aromatic heterocycles. The smallest absolute Gasteiger partial charge is 0.345 e. The van der Waals surface area contributed by atoms with E-state index in [0.717, 1.165) is 15.2 Å². The number of esters is 1. The maximum absolute atomic E-state index is 12.2. The van der Waals surface area contributed by atoms with Gasteiger partial charge in [-0.25, -0.2) is 10.2 Å². The summed E-state index contributed by atoms with van der Waals surface area (Å²) >= 11 is 9.55. The Kier molecular flexibility index (Phi) is 7.57. The first-order valence-electron chi connectivity index (χ1n) is 10.2. The minimum Gasteiger partial charge on any atom is -0.483 e. The van der Waals surface area contributed by atoms with Crippen LogP contribution in [-0.4, -0.2) is 24.7 Å². The molecule has 4 rings (SSSR count). The average Bonchev–Trinajstić information content (AvgIpc) is 2.85. The number of nitrogens with one attached hydrogen (secondary N) is 1. The lowest BCUT2D eigenvalue weighted by Crippen LogP contribution is -2.24. The molecule has 4 aromatic carbocycles. The normalized spacial score (nSPS) is 10.9. The summed E-state index contributed by atoms with van der Waals surface area (Å²) in [5, 5.41) is 6.33. The molecular formula is C26H18BrClN2O4. The molecule has 1 N–H and O–H groups in total. The van der Waals surface area contributed by atoms with Gasteiger partial charge in [-0.3, -0.25) is 4.79 Å². The van der Waals surface area contributed by atoms with E-state index >= 15 is 0 Å². The SMILES string of the molecule is O=C(COc1ccc2ccccc2c1Br)N/N=C\c1ccc(OC(=O)c2ccccc2Cl)cc1. The molecule has 0 atom stereocenters. The van der Waals surface area contributed by atoms with E-state index in [0.29, 0.717) is 22.1 Å². The number of benzene rings is 4. The fourth-order valence-electron chi connectivity index (χ4n) is 3.09. The molecule has 0 radical (unpaired) electrons. The minimum atomic E-state index is -0.544. The summed E-state index contributed by atoms with van der Waals surface area (Å²) < 4.78 is 11.7. The van der Waals surface area contributed by atoms with Crippen molar-refractivity contribution in [3.63, 3.8) is 0 Å². The molecule has 1 amide bonds. The van der Waals surface area contributed by atoms with Gasteiger partial charge in [0.15, 0.2) is 6.61 Å². The number of hydrogen-bond donors (Lipinski definition) is 1. The number of ether oxygens (including phenoxy) is 2. The van der Waals surface area contributed by atoms with E-state index in [1.807, 2.05) is 36.4 Å². The Morgan fingerprint density at radius 3 is 2.47 bits per heavy atom. The largest absolute Gasteiger partial charge is 0.483 e. The fraction of sp³-hybridized carbons (Fsp3) is 0.0385. The molecule has 34 heavy (non-hydrogen) atoms. The predicted molar refractivity (Wildman–Crippen MR) is 136 cm³/mol. The first-order valence-corrected chi connectivity index (χ1v) is 11.4. The zero-order valence-electron chi connectivity index (χ0n) is 17.7. The molecule has 0 unspecified atom stereocenters. The molecule has 8 heteroatoms. The highest BCUT2D eigenvalue weighted by Gasteiger charge is 2.12. The van der Waals surface area contributed by atoms with Crippen LogP contribution in [0.3, 0.4) is 0 Å². The third-order valence-corrected chi connectivity index (χ3v) is 5.92. The van der Waals surface area contributed by atoms with Crippen molar-refractivity contribution in [3.05, 3.63) is 106 Å². The van der Waals surface area contributed by atoms with Gasteiger partial charge in [0.05, 0.1) is 21.3 Å². The van der Waals surface area contributed by atoms with Gasteiger partial charge in [0.2, 0.25) is 0 Å². The highest BCUT2D eigenvalue weighted by atomic mass is 79.9. The van der Waals surface area contributed by atoms with E-state index < -0.39 is 11.9 Å². The number of hydrazone groups is 1. The number of rotatable bonds is 7. The zero-order chi connectivity index (χ0) is 23.9. The number of nitrogens with zero attached hydrogens (tertiary/aromatic N) is 1. The van der Waals surface area contributed by atoms with Crippen LogP contribution in [0.4, 0.5) is 0 Å². The van der Waals surface area contributed by atoms with Crippen LogP contribution < -0.4 is 14.9 Å². The maximum Gasteiger partial charge on any atom is 0.345 e. The summed E-state index contributed by atoms with van der Waals surface area (Å²) in [4.78, 5) is 24.3. The van der Waals surface area contributed by atoms with Gasteiger partial charge in [-0.05, 0) is 74.7 Å². The molecule has 0 aliphatic heterocycles. The zero-order valence-corrected chi connectivity index (χ0v) is 20.0. The summed E-state index contributed by atoms with van der Waals surface area (Å²) in [6, 6.07) is 24.9. The van der Waals surface area contributed by atoms with Gasteiger partial charge in [-0.15, -0.1) is 0 Å². The lowest BCUT2D eigenvalue weighted by atomic mass is 10.1. The number of hydrogen-bond acceptors (Lipinski definition) is 5. The van der Waals surface area contributed by atoms with E-state index in [2.05, 4.69) is 26.5 Å². The molecule has 0 fully saturated rings. The Morgan fingerprint density at radius 2 is 1.68 bits per heavy atom. The summed E-state index contributed by atoms with van der Waals surface area (Å²) in [6.45, 7) is -0.189. The lowest BCUT2D eigenvalue weighted by molar-refractivity contribution is -0.123. The van der Waals surface area contributed by atoms with Crippen LogP contribution in [-0.2, 0) is 4.79 Å². The second kappa shape index (κ2) is 11.0. The minimum absolute atomic E-state index is 0.189. The Bertz CT molecular complexity index is 1370. The third kappa shape index (κ3) is 5.81. The number of amides is 1. The lowest BCUT2D eigenvalue weighted by Gasteiger charge is -2.09. The Balaban J connectivity index is 1.28. The van der Waals surface area contributed by atoms with Crippen LogP contribution in [0, 0.1) is 0 Å². The molecule has 0 spiro atoms. The van der Waals surface area contributed by atoms with Crippen LogP contribution >= 0.6 is 27.5 Å². The number of carbonyl (C=O) groups is 2. The van der Waals surface area contributed by atoms with Crippen LogP contribution in [0.5, 0.6) is 11.5 Å². The van der Waals surface area contributed by atoms with Crippen LogP contribution in [0.15, 0.2) is 94.5 Å². The molecular weight excluding hydrogens is 520 g/mol. The van der Waals surface area contributed by atoms with E-state index in [4.69, 9.17) is 21.1 Å². The Morgan fingerprint density at radius 1 is 0.941 bits per heavy atom.